The number of carbonyl (C=O) groups is 1. The van der Waals surface area contributed by atoms with Crippen molar-refractivity contribution in [1.29, 1.82) is 0 Å². The van der Waals surface area contributed by atoms with Crippen LogP contribution in [0.2, 0.25) is 0 Å². The van der Waals surface area contributed by atoms with Crippen molar-refractivity contribution < 1.29 is 4.79 Å². The van der Waals surface area contributed by atoms with Crippen LogP contribution in [0.1, 0.15) is 19.8 Å². The highest BCUT2D eigenvalue weighted by atomic mass is 127. The van der Waals surface area contributed by atoms with Crippen molar-refractivity contribution >= 4 is 34.2 Å². The van der Waals surface area contributed by atoms with E-state index >= 15 is 0 Å². The third kappa shape index (κ3) is 3.76. The van der Waals surface area contributed by atoms with Gasteiger partial charge in [0.2, 0.25) is 5.91 Å². The van der Waals surface area contributed by atoms with Gasteiger partial charge in [-0.05, 0) is 47.2 Å². The maximum absolute atomic E-state index is 11.2. The summed E-state index contributed by atoms with van der Waals surface area (Å²) >= 11 is 2.22. The molecule has 0 saturated heterocycles. The summed E-state index contributed by atoms with van der Waals surface area (Å²) in [6, 6.07) is 7.78. The first kappa shape index (κ1) is 10.5. The lowest BCUT2D eigenvalue weighted by atomic mass is 10.3. The highest BCUT2D eigenvalue weighted by molar-refractivity contribution is 14.1. The number of halogens is 1. The van der Waals surface area contributed by atoms with E-state index in [9.17, 15) is 4.79 Å². The van der Waals surface area contributed by atoms with E-state index in [0.29, 0.717) is 6.42 Å². The summed E-state index contributed by atoms with van der Waals surface area (Å²) < 4.78 is 1.13. The molecule has 1 aromatic carbocycles. The van der Waals surface area contributed by atoms with Crippen LogP contribution in [-0.2, 0) is 4.79 Å². The van der Waals surface area contributed by atoms with Crippen molar-refractivity contribution in [1.82, 2.24) is 0 Å². The molecule has 0 aliphatic carbocycles. The van der Waals surface area contributed by atoms with Crippen LogP contribution in [0.5, 0.6) is 0 Å². The van der Waals surface area contributed by atoms with E-state index in [4.69, 9.17) is 0 Å². The molecule has 70 valence electrons. The highest BCUT2D eigenvalue weighted by Gasteiger charge is 1.99. The minimum Gasteiger partial charge on any atom is -0.326 e. The average Bonchev–Trinajstić information content (AvgIpc) is 2.04. The zero-order valence-corrected chi connectivity index (χ0v) is 9.67. The number of nitrogens with one attached hydrogen (secondary N) is 1. The van der Waals surface area contributed by atoms with E-state index in [0.717, 1.165) is 15.7 Å². The second-order valence-electron chi connectivity index (χ2n) is 2.81. The SMILES string of the molecule is CCCC(=O)Nc1cccc(I)c1. The van der Waals surface area contributed by atoms with E-state index in [-0.39, 0.29) is 5.91 Å². The Hall–Kier alpha value is -0.580. The van der Waals surface area contributed by atoms with Crippen LogP contribution in [0.3, 0.4) is 0 Å². The highest BCUT2D eigenvalue weighted by Crippen LogP contribution is 2.12. The fourth-order valence-electron chi connectivity index (χ4n) is 1.02. The topological polar surface area (TPSA) is 29.1 Å². The lowest BCUT2D eigenvalue weighted by molar-refractivity contribution is -0.116. The molecule has 13 heavy (non-hydrogen) atoms. The van der Waals surface area contributed by atoms with Gasteiger partial charge in [-0.2, -0.15) is 0 Å². The van der Waals surface area contributed by atoms with Gasteiger partial charge in [0.05, 0.1) is 0 Å². The molecule has 0 unspecified atom stereocenters. The van der Waals surface area contributed by atoms with Crippen molar-refractivity contribution in [3.63, 3.8) is 0 Å². The van der Waals surface area contributed by atoms with Gasteiger partial charge in [0.15, 0.2) is 0 Å². The molecule has 1 N–H and O–H groups in total. The Labute approximate surface area is 91.9 Å². The Bertz CT molecular complexity index is 299. The van der Waals surface area contributed by atoms with Gasteiger partial charge < -0.3 is 5.32 Å². The van der Waals surface area contributed by atoms with E-state index in [1.54, 1.807) is 0 Å². The predicted molar refractivity (Wildman–Crippen MR) is 62.7 cm³/mol. The lowest BCUT2D eigenvalue weighted by Gasteiger charge is -2.03. The van der Waals surface area contributed by atoms with Crippen LogP contribution in [0.4, 0.5) is 5.69 Å². The molecule has 0 fully saturated rings. The number of hydrogen-bond acceptors (Lipinski definition) is 1. The number of hydrogen-bond donors (Lipinski definition) is 1. The number of benzene rings is 1. The second-order valence-corrected chi connectivity index (χ2v) is 4.05. The smallest absolute Gasteiger partial charge is 0.224 e. The second kappa shape index (κ2) is 5.21. The van der Waals surface area contributed by atoms with Crippen LogP contribution in [0, 0.1) is 3.57 Å². The Morgan fingerprint density at radius 2 is 2.31 bits per heavy atom. The van der Waals surface area contributed by atoms with Crippen molar-refractivity contribution in [3.05, 3.63) is 27.8 Å². The molecule has 0 aliphatic heterocycles. The standard InChI is InChI=1S/C10H12INO/c1-2-4-10(13)12-9-6-3-5-8(11)7-9/h3,5-7H,2,4H2,1H3,(H,12,13). The minimum absolute atomic E-state index is 0.0875. The molecule has 3 heteroatoms. The summed E-state index contributed by atoms with van der Waals surface area (Å²) in [6.45, 7) is 1.99. The quantitative estimate of drug-likeness (QED) is 0.851. The summed E-state index contributed by atoms with van der Waals surface area (Å²) in [6.07, 6.45) is 1.47. The fraction of sp³-hybridized carbons (Fsp3) is 0.300. The van der Waals surface area contributed by atoms with Gasteiger partial charge in [-0.15, -0.1) is 0 Å². The first-order valence-corrected chi connectivity index (χ1v) is 5.35. The minimum atomic E-state index is 0.0875. The molecule has 1 rings (SSSR count). The van der Waals surface area contributed by atoms with Gasteiger partial charge in [-0.25, -0.2) is 0 Å². The van der Waals surface area contributed by atoms with Crippen LogP contribution < -0.4 is 5.32 Å². The van der Waals surface area contributed by atoms with Gasteiger partial charge in [-0.3, -0.25) is 4.79 Å². The fourth-order valence-corrected chi connectivity index (χ4v) is 1.56. The summed E-state index contributed by atoms with van der Waals surface area (Å²) in [5, 5.41) is 2.84. The van der Waals surface area contributed by atoms with E-state index in [2.05, 4.69) is 27.9 Å². The molecule has 0 heterocycles. The molecule has 1 aromatic rings. The van der Waals surface area contributed by atoms with Crippen LogP contribution in [-0.4, -0.2) is 5.91 Å². The van der Waals surface area contributed by atoms with Gasteiger partial charge in [0, 0.05) is 15.7 Å². The molecular weight excluding hydrogens is 277 g/mol. The number of anilines is 1. The zero-order valence-electron chi connectivity index (χ0n) is 7.51. The number of carbonyl (C=O) groups excluding carboxylic acids is 1. The van der Waals surface area contributed by atoms with Crippen LogP contribution in [0.15, 0.2) is 24.3 Å². The first-order chi connectivity index (χ1) is 6.22. The molecule has 0 aromatic heterocycles. The predicted octanol–water partition coefficient (Wildman–Crippen LogP) is 3.03. The number of rotatable bonds is 3. The van der Waals surface area contributed by atoms with Crippen molar-refractivity contribution in [2.24, 2.45) is 0 Å². The maximum atomic E-state index is 11.2. The largest absolute Gasteiger partial charge is 0.326 e. The molecule has 0 spiro atoms. The molecule has 0 aliphatic rings. The van der Waals surface area contributed by atoms with E-state index < -0.39 is 0 Å². The lowest BCUT2D eigenvalue weighted by Crippen LogP contribution is -2.10. The molecule has 0 saturated carbocycles. The van der Waals surface area contributed by atoms with E-state index in [1.807, 2.05) is 31.2 Å². The molecule has 1 amide bonds. The first-order valence-electron chi connectivity index (χ1n) is 4.28. The normalized spacial score (nSPS) is 9.69. The van der Waals surface area contributed by atoms with Gasteiger partial charge >= 0.3 is 0 Å². The Morgan fingerprint density at radius 3 is 2.92 bits per heavy atom. The molecule has 0 bridgehead atoms. The zero-order chi connectivity index (χ0) is 9.68. The summed E-state index contributed by atoms with van der Waals surface area (Å²) in [5.41, 5.74) is 0.880. The monoisotopic (exact) mass is 289 g/mol. The maximum Gasteiger partial charge on any atom is 0.224 e. The van der Waals surface area contributed by atoms with Gasteiger partial charge in [-0.1, -0.05) is 13.0 Å². The molecular formula is C10H12INO. The number of amides is 1. The van der Waals surface area contributed by atoms with Gasteiger partial charge in [0.25, 0.3) is 0 Å². The molecule has 0 atom stereocenters. The average molecular weight is 289 g/mol. The van der Waals surface area contributed by atoms with Crippen LogP contribution in [0.25, 0.3) is 0 Å². The summed E-state index contributed by atoms with van der Waals surface area (Å²) in [5.74, 6) is 0.0875. The Morgan fingerprint density at radius 1 is 1.54 bits per heavy atom. The van der Waals surface area contributed by atoms with Crippen molar-refractivity contribution in [2.75, 3.05) is 5.32 Å². The Kier molecular flexibility index (Phi) is 4.21. The molecule has 2 nitrogen and oxygen atoms in total. The Balaban J connectivity index is 2.58. The van der Waals surface area contributed by atoms with Gasteiger partial charge in [0.1, 0.15) is 0 Å². The summed E-state index contributed by atoms with van der Waals surface area (Å²) in [7, 11) is 0. The van der Waals surface area contributed by atoms with Crippen LogP contribution >= 0.6 is 22.6 Å². The van der Waals surface area contributed by atoms with Crippen molar-refractivity contribution in [3.8, 4) is 0 Å². The summed E-state index contributed by atoms with van der Waals surface area (Å²) in [4.78, 5) is 11.2. The van der Waals surface area contributed by atoms with E-state index in [1.165, 1.54) is 0 Å². The molecule has 0 radical (unpaired) electrons. The third-order valence-electron chi connectivity index (χ3n) is 1.59. The van der Waals surface area contributed by atoms with Crippen molar-refractivity contribution in [2.45, 2.75) is 19.8 Å². The third-order valence-corrected chi connectivity index (χ3v) is 2.26.